The zero-order valence-corrected chi connectivity index (χ0v) is 14.5. The summed E-state index contributed by atoms with van der Waals surface area (Å²) in [5, 5.41) is 0. The molecule has 126 valence electrons. The van der Waals surface area contributed by atoms with E-state index in [-0.39, 0.29) is 17.7 Å². The van der Waals surface area contributed by atoms with Gasteiger partial charge in [0.2, 0.25) is 0 Å². The third-order valence-electron chi connectivity index (χ3n) is 4.37. The number of amides is 2. The normalized spacial score (nSPS) is 14.3. The topological polar surface area (TPSA) is 37.4 Å². The van der Waals surface area contributed by atoms with Crippen LogP contribution in [0.5, 0.6) is 0 Å². The quantitative estimate of drug-likeness (QED) is 0.628. The fourth-order valence-corrected chi connectivity index (χ4v) is 3.02. The summed E-state index contributed by atoms with van der Waals surface area (Å²) in [4.78, 5) is 26.6. The maximum absolute atomic E-state index is 12.6. The number of rotatable bonds is 4. The van der Waals surface area contributed by atoms with E-state index < -0.39 is 6.04 Å². The van der Waals surface area contributed by atoms with Crippen molar-refractivity contribution in [3.05, 3.63) is 71.3 Å². The minimum Gasteiger partial charge on any atom is -0.269 e. The molecule has 0 saturated carbocycles. The van der Waals surface area contributed by atoms with E-state index in [1.807, 2.05) is 32.0 Å². The summed E-state index contributed by atoms with van der Waals surface area (Å²) in [6.07, 6.45) is 1.57. The van der Waals surface area contributed by atoms with Crippen LogP contribution in [0.4, 0.5) is 0 Å². The molecule has 0 N–H and O–H groups in total. The molecule has 1 aliphatic rings. The number of fused-ring (bicyclic) bond motifs is 1. The molecular weight excluding hydrogens is 310 g/mol. The van der Waals surface area contributed by atoms with Gasteiger partial charge >= 0.3 is 0 Å². The molecule has 0 radical (unpaired) electrons. The van der Waals surface area contributed by atoms with Gasteiger partial charge in [-0.05, 0) is 30.0 Å². The van der Waals surface area contributed by atoms with Crippen LogP contribution in [0.15, 0.2) is 54.6 Å². The number of aryl methyl sites for hydroxylation is 1. The molecule has 2 aromatic rings. The molecule has 0 spiro atoms. The monoisotopic (exact) mass is 331 g/mol. The van der Waals surface area contributed by atoms with Gasteiger partial charge in [-0.15, -0.1) is 5.92 Å². The van der Waals surface area contributed by atoms with Gasteiger partial charge < -0.3 is 0 Å². The van der Waals surface area contributed by atoms with Gasteiger partial charge in [0.25, 0.3) is 11.8 Å². The molecule has 3 nitrogen and oxygen atoms in total. The predicted octanol–water partition coefficient (Wildman–Crippen LogP) is 3.94. The Hall–Kier alpha value is -2.86. The van der Waals surface area contributed by atoms with Crippen molar-refractivity contribution in [2.75, 3.05) is 0 Å². The maximum atomic E-state index is 12.6. The second kappa shape index (κ2) is 7.36. The highest BCUT2D eigenvalue weighted by atomic mass is 16.2. The lowest BCUT2D eigenvalue weighted by Gasteiger charge is -2.24. The summed E-state index contributed by atoms with van der Waals surface area (Å²) in [6.45, 7) is 3.97. The molecule has 1 aliphatic heterocycles. The van der Waals surface area contributed by atoms with Gasteiger partial charge in [-0.1, -0.05) is 62.2 Å². The second-order valence-electron chi connectivity index (χ2n) is 6.52. The van der Waals surface area contributed by atoms with Crippen LogP contribution >= 0.6 is 0 Å². The first-order chi connectivity index (χ1) is 12.1. The summed E-state index contributed by atoms with van der Waals surface area (Å²) in [6, 6.07) is 16.7. The van der Waals surface area contributed by atoms with Crippen molar-refractivity contribution in [1.29, 1.82) is 0 Å². The third kappa shape index (κ3) is 3.49. The van der Waals surface area contributed by atoms with E-state index in [9.17, 15) is 9.59 Å². The third-order valence-corrected chi connectivity index (χ3v) is 4.37. The molecule has 0 bridgehead atoms. The number of nitrogens with zero attached hydrogens (tertiary/aromatic N) is 1. The number of carbonyl (C=O) groups is 2. The van der Waals surface area contributed by atoms with Crippen molar-refractivity contribution in [2.24, 2.45) is 5.92 Å². The molecule has 3 heteroatoms. The Morgan fingerprint density at radius 1 is 0.880 bits per heavy atom. The molecular formula is C22H21NO2. The van der Waals surface area contributed by atoms with Crippen LogP contribution in [-0.4, -0.2) is 22.8 Å². The number of carbonyl (C=O) groups excluding carboxylic acids is 2. The molecule has 0 unspecified atom stereocenters. The predicted molar refractivity (Wildman–Crippen MR) is 98.1 cm³/mol. The number of imide groups is 1. The largest absolute Gasteiger partial charge is 0.269 e. The van der Waals surface area contributed by atoms with Gasteiger partial charge in [0.1, 0.15) is 6.04 Å². The first-order valence-electron chi connectivity index (χ1n) is 8.59. The van der Waals surface area contributed by atoms with Crippen molar-refractivity contribution < 1.29 is 9.59 Å². The van der Waals surface area contributed by atoms with Crippen molar-refractivity contribution in [2.45, 2.75) is 32.7 Å². The van der Waals surface area contributed by atoms with Gasteiger partial charge in [0.15, 0.2) is 0 Å². The van der Waals surface area contributed by atoms with E-state index in [0.717, 1.165) is 6.42 Å². The van der Waals surface area contributed by atoms with E-state index in [1.54, 1.807) is 24.3 Å². The first kappa shape index (κ1) is 17.0. The minimum atomic E-state index is -0.400. The number of hydrogen-bond donors (Lipinski definition) is 0. The SMILES string of the molecule is CC(C)[C@@H](C#CCCc1ccccc1)N1C(=O)c2ccccc2C1=O. The average Bonchev–Trinajstić information content (AvgIpc) is 2.87. The van der Waals surface area contributed by atoms with Crippen molar-refractivity contribution in [3.63, 3.8) is 0 Å². The smallest absolute Gasteiger partial charge is 0.262 e. The standard InChI is InChI=1S/C22H21NO2/c1-16(2)20(15-9-6-12-17-10-4-3-5-11-17)23-21(24)18-13-7-8-14-19(18)22(23)25/h3-5,7-8,10-11,13-14,16,20H,6,12H2,1-2H3/t20-/m1/s1. The molecule has 25 heavy (non-hydrogen) atoms. The Balaban J connectivity index is 1.76. The van der Waals surface area contributed by atoms with Crippen LogP contribution in [0.2, 0.25) is 0 Å². The highest BCUT2D eigenvalue weighted by Crippen LogP contribution is 2.26. The summed E-state index contributed by atoms with van der Waals surface area (Å²) < 4.78 is 0. The van der Waals surface area contributed by atoms with E-state index in [0.29, 0.717) is 17.5 Å². The van der Waals surface area contributed by atoms with Crippen molar-refractivity contribution >= 4 is 11.8 Å². The van der Waals surface area contributed by atoms with Crippen LogP contribution in [0, 0.1) is 17.8 Å². The number of benzene rings is 2. The molecule has 0 saturated heterocycles. The Morgan fingerprint density at radius 3 is 2.00 bits per heavy atom. The summed E-state index contributed by atoms with van der Waals surface area (Å²) in [7, 11) is 0. The average molecular weight is 331 g/mol. The zero-order valence-electron chi connectivity index (χ0n) is 14.5. The lowest BCUT2D eigenvalue weighted by molar-refractivity contribution is 0.0590. The highest BCUT2D eigenvalue weighted by molar-refractivity contribution is 6.21. The lowest BCUT2D eigenvalue weighted by atomic mass is 10.0. The lowest BCUT2D eigenvalue weighted by Crippen LogP contribution is -2.42. The summed E-state index contributed by atoms with van der Waals surface area (Å²) >= 11 is 0. The van der Waals surface area contributed by atoms with Gasteiger partial charge in [-0.2, -0.15) is 0 Å². The Labute approximate surface area is 148 Å². The van der Waals surface area contributed by atoms with E-state index >= 15 is 0 Å². The molecule has 2 aromatic carbocycles. The molecule has 3 rings (SSSR count). The maximum Gasteiger partial charge on any atom is 0.262 e. The van der Waals surface area contributed by atoms with E-state index in [2.05, 4.69) is 24.0 Å². The fraction of sp³-hybridized carbons (Fsp3) is 0.273. The molecule has 1 atom stereocenters. The molecule has 0 aromatic heterocycles. The fourth-order valence-electron chi connectivity index (χ4n) is 3.02. The zero-order chi connectivity index (χ0) is 17.8. The summed E-state index contributed by atoms with van der Waals surface area (Å²) in [5.41, 5.74) is 2.19. The van der Waals surface area contributed by atoms with Crippen molar-refractivity contribution in [1.82, 2.24) is 4.90 Å². The first-order valence-corrected chi connectivity index (χ1v) is 8.59. The van der Waals surface area contributed by atoms with Crippen LogP contribution < -0.4 is 0 Å². The van der Waals surface area contributed by atoms with Crippen LogP contribution in [0.3, 0.4) is 0 Å². The molecule has 1 heterocycles. The molecule has 0 aliphatic carbocycles. The van der Waals surface area contributed by atoms with Gasteiger partial charge in [0.05, 0.1) is 11.1 Å². The van der Waals surface area contributed by atoms with Crippen LogP contribution in [0.25, 0.3) is 0 Å². The van der Waals surface area contributed by atoms with Crippen molar-refractivity contribution in [3.8, 4) is 11.8 Å². The van der Waals surface area contributed by atoms with Gasteiger partial charge in [-0.3, -0.25) is 14.5 Å². The number of hydrogen-bond acceptors (Lipinski definition) is 2. The van der Waals surface area contributed by atoms with Crippen LogP contribution in [0.1, 0.15) is 46.5 Å². The highest BCUT2D eigenvalue weighted by Gasteiger charge is 2.40. The van der Waals surface area contributed by atoms with Gasteiger partial charge in [0, 0.05) is 6.42 Å². The van der Waals surface area contributed by atoms with E-state index in [1.165, 1.54) is 10.5 Å². The molecule has 2 amide bonds. The second-order valence-corrected chi connectivity index (χ2v) is 6.52. The van der Waals surface area contributed by atoms with Gasteiger partial charge in [-0.25, -0.2) is 0 Å². The Bertz CT molecular complexity index is 808. The minimum absolute atomic E-state index is 0.0754. The Morgan fingerprint density at radius 2 is 1.44 bits per heavy atom. The van der Waals surface area contributed by atoms with E-state index in [4.69, 9.17) is 0 Å². The summed E-state index contributed by atoms with van der Waals surface area (Å²) in [5.74, 6) is 5.92. The molecule has 0 fully saturated rings. The Kier molecular flexibility index (Phi) is 5.00. The van der Waals surface area contributed by atoms with Crippen LogP contribution in [-0.2, 0) is 6.42 Å².